The van der Waals surface area contributed by atoms with Gasteiger partial charge in [-0.05, 0) is 55.5 Å². The van der Waals surface area contributed by atoms with Crippen molar-refractivity contribution in [3.8, 4) is 5.69 Å². The number of aromatic nitrogens is 2. The van der Waals surface area contributed by atoms with Crippen molar-refractivity contribution in [2.75, 3.05) is 13.2 Å². The van der Waals surface area contributed by atoms with Crippen LogP contribution in [-0.2, 0) is 50.3 Å². The van der Waals surface area contributed by atoms with Gasteiger partial charge in [0.1, 0.15) is 5.82 Å². The summed E-state index contributed by atoms with van der Waals surface area (Å²) in [5.74, 6) is 0.273. The molecule has 1 aromatic carbocycles. The molecule has 0 bridgehead atoms. The summed E-state index contributed by atoms with van der Waals surface area (Å²) in [7, 11) is 0. The summed E-state index contributed by atoms with van der Waals surface area (Å²) in [4.78, 5) is 0. The number of hydrogen-bond acceptors (Lipinski definition) is 2. The van der Waals surface area contributed by atoms with Crippen molar-refractivity contribution in [1.82, 2.24) is 9.78 Å². The average Bonchev–Trinajstić information content (AvgIpc) is 3.02. The summed E-state index contributed by atoms with van der Waals surface area (Å²) in [6.45, 7) is 10.3. The molecule has 27 heavy (non-hydrogen) atoms. The Morgan fingerprint density at radius 3 is 2.19 bits per heavy atom. The number of benzene rings is 1. The van der Waals surface area contributed by atoms with Gasteiger partial charge in [0.15, 0.2) is 0 Å². The van der Waals surface area contributed by atoms with Crippen molar-refractivity contribution in [3.05, 3.63) is 47.0 Å². The predicted octanol–water partition coefficient (Wildman–Crippen LogP) is 5.83. The van der Waals surface area contributed by atoms with Crippen LogP contribution in [0.3, 0.4) is 0 Å². The van der Waals surface area contributed by atoms with Crippen LogP contribution in [0, 0.1) is 5.82 Å². The van der Waals surface area contributed by atoms with E-state index in [4.69, 9.17) is 9.84 Å². The molecule has 1 radical (unpaired) electrons. The Balaban J connectivity index is 0.000000855. The zero-order valence-electron chi connectivity index (χ0n) is 17.3. The van der Waals surface area contributed by atoms with Gasteiger partial charge in [-0.1, -0.05) is 40.5 Å². The largest absolute Gasteiger partial charge is 0.381 e. The third-order valence-electron chi connectivity index (χ3n) is 4.64. The third kappa shape index (κ3) is 6.47. The van der Waals surface area contributed by atoms with E-state index in [0.29, 0.717) is 5.92 Å². The maximum absolute atomic E-state index is 13.2. The van der Waals surface area contributed by atoms with E-state index in [0.717, 1.165) is 51.0 Å². The van der Waals surface area contributed by atoms with Crippen molar-refractivity contribution in [1.29, 1.82) is 0 Å². The van der Waals surface area contributed by atoms with Gasteiger partial charge in [-0.25, -0.2) is 9.07 Å². The van der Waals surface area contributed by atoms with Crippen molar-refractivity contribution in [2.45, 2.75) is 72.1 Å². The van der Waals surface area contributed by atoms with Crippen LogP contribution >= 0.6 is 0 Å². The molecule has 0 aliphatic carbocycles. The summed E-state index contributed by atoms with van der Waals surface area (Å²) in [5.41, 5.74) is 4.83. The molecule has 0 saturated carbocycles. The molecule has 0 atom stereocenters. The second kappa shape index (κ2) is 12.8. The number of nitrogens with zero attached hydrogens (tertiary/aromatic N) is 2. The van der Waals surface area contributed by atoms with Crippen molar-refractivity contribution in [3.63, 3.8) is 0 Å². The molecular formula is C22H33FN2OY. The van der Waals surface area contributed by atoms with E-state index in [-0.39, 0.29) is 38.5 Å². The monoisotopic (exact) mass is 449 g/mol. The van der Waals surface area contributed by atoms with E-state index in [2.05, 4.69) is 27.7 Å². The SMILES string of the molecule is CCC.CCCc1c(C2CCOCC2)nn(-c2ccc(F)cc2)c1CC.[Y]. The maximum Gasteiger partial charge on any atom is 0.123 e. The van der Waals surface area contributed by atoms with Gasteiger partial charge in [-0.2, -0.15) is 5.10 Å². The second-order valence-electron chi connectivity index (χ2n) is 6.90. The molecule has 0 spiro atoms. The van der Waals surface area contributed by atoms with Crippen LogP contribution in [0.15, 0.2) is 24.3 Å². The van der Waals surface area contributed by atoms with Crippen LogP contribution in [0.2, 0.25) is 0 Å². The second-order valence-corrected chi connectivity index (χ2v) is 6.90. The summed E-state index contributed by atoms with van der Waals surface area (Å²) in [6.07, 6.45) is 6.43. The quantitative estimate of drug-likeness (QED) is 0.574. The van der Waals surface area contributed by atoms with E-state index < -0.39 is 0 Å². The molecule has 0 N–H and O–H groups in total. The topological polar surface area (TPSA) is 27.1 Å². The summed E-state index contributed by atoms with van der Waals surface area (Å²) in [5, 5.41) is 4.96. The standard InChI is InChI=1S/C19H25FN2O.C3H8.Y/c1-3-5-17-18(4-2)22(16-8-6-15(20)7-9-16)21-19(17)14-10-12-23-13-11-14;1-3-2;/h6-9,14H,3-5,10-13H2,1-2H3;3H2,1-2H3;. The molecule has 0 amide bonds. The van der Waals surface area contributed by atoms with E-state index in [1.54, 1.807) is 0 Å². The molecule has 1 aliphatic heterocycles. The van der Waals surface area contributed by atoms with Gasteiger partial charge >= 0.3 is 0 Å². The predicted molar refractivity (Wildman–Crippen MR) is 106 cm³/mol. The smallest absolute Gasteiger partial charge is 0.123 e. The first-order chi connectivity index (χ1) is 12.7. The van der Waals surface area contributed by atoms with Gasteiger partial charge in [0, 0.05) is 57.5 Å². The summed E-state index contributed by atoms with van der Waals surface area (Å²) < 4.78 is 20.8. The molecule has 1 fully saturated rings. The first-order valence-corrected chi connectivity index (χ1v) is 10.1. The number of ether oxygens (including phenoxy) is 1. The number of halogens is 1. The normalized spacial score (nSPS) is 14.3. The number of rotatable bonds is 5. The summed E-state index contributed by atoms with van der Waals surface area (Å²) in [6, 6.07) is 6.63. The van der Waals surface area contributed by atoms with Crippen molar-refractivity contribution >= 4 is 0 Å². The minimum atomic E-state index is -0.211. The Morgan fingerprint density at radius 2 is 1.67 bits per heavy atom. The minimum Gasteiger partial charge on any atom is -0.381 e. The fourth-order valence-corrected chi connectivity index (χ4v) is 3.48. The molecule has 0 unspecified atom stereocenters. The zero-order valence-corrected chi connectivity index (χ0v) is 20.1. The van der Waals surface area contributed by atoms with Gasteiger partial charge in [-0.3, -0.25) is 0 Å². The van der Waals surface area contributed by atoms with Crippen LogP contribution < -0.4 is 0 Å². The Morgan fingerprint density at radius 1 is 1.07 bits per heavy atom. The van der Waals surface area contributed by atoms with E-state index in [1.807, 2.05) is 16.8 Å². The average molecular weight is 449 g/mol. The van der Waals surface area contributed by atoms with Crippen LogP contribution in [-0.4, -0.2) is 23.0 Å². The molecule has 1 saturated heterocycles. The minimum absolute atomic E-state index is 0. The summed E-state index contributed by atoms with van der Waals surface area (Å²) >= 11 is 0. The first-order valence-electron chi connectivity index (χ1n) is 10.1. The van der Waals surface area contributed by atoms with Crippen LogP contribution in [0.1, 0.15) is 76.2 Å². The third-order valence-corrected chi connectivity index (χ3v) is 4.64. The Bertz CT molecular complexity index is 664. The molecular weight excluding hydrogens is 416 g/mol. The van der Waals surface area contributed by atoms with Crippen LogP contribution in [0.4, 0.5) is 4.39 Å². The van der Waals surface area contributed by atoms with E-state index >= 15 is 0 Å². The molecule has 1 aliphatic rings. The van der Waals surface area contributed by atoms with Crippen LogP contribution in [0.5, 0.6) is 0 Å². The first kappa shape index (κ1) is 24.5. The van der Waals surface area contributed by atoms with Crippen LogP contribution in [0.25, 0.3) is 5.69 Å². The van der Waals surface area contributed by atoms with Crippen molar-refractivity contribution < 1.29 is 41.8 Å². The molecule has 3 rings (SSSR count). The Hall–Kier alpha value is -0.576. The number of hydrogen-bond donors (Lipinski definition) is 0. The Labute approximate surface area is 189 Å². The maximum atomic E-state index is 13.2. The fraction of sp³-hybridized carbons (Fsp3) is 0.591. The van der Waals surface area contributed by atoms with E-state index in [1.165, 1.54) is 35.5 Å². The molecule has 147 valence electrons. The van der Waals surface area contributed by atoms with Crippen molar-refractivity contribution in [2.24, 2.45) is 0 Å². The Kier molecular flexibility index (Phi) is 11.6. The molecule has 5 heteroatoms. The molecule has 2 aromatic rings. The molecule has 3 nitrogen and oxygen atoms in total. The molecule has 2 heterocycles. The van der Waals surface area contributed by atoms with Gasteiger partial charge in [0.05, 0.1) is 11.4 Å². The molecule has 1 aromatic heterocycles. The zero-order chi connectivity index (χ0) is 18.9. The van der Waals surface area contributed by atoms with E-state index in [9.17, 15) is 4.39 Å². The fourth-order valence-electron chi connectivity index (χ4n) is 3.48. The van der Waals surface area contributed by atoms with Gasteiger partial charge < -0.3 is 4.74 Å². The van der Waals surface area contributed by atoms with Gasteiger partial charge in [0.2, 0.25) is 0 Å². The van der Waals surface area contributed by atoms with Gasteiger partial charge in [0.25, 0.3) is 0 Å². The van der Waals surface area contributed by atoms with Gasteiger partial charge in [-0.15, -0.1) is 0 Å².